The van der Waals surface area contributed by atoms with Gasteiger partial charge < -0.3 is 5.32 Å². The number of carbonyl (C=O) groups excluding carboxylic acids is 1. The summed E-state index contributed by atoms with van der Waals surface area (Å²) in [5.41, 5.74) is 2.80. The van der Waals surface area contributed by atoms with Gasteiger partial charge in [-0.3, -0.25) is 10.1 Å². The highest BCUT2D eigenvalue weighted by atomic mass is 35.5. The van der Waals surface area contributed by atoms with Crippen molar-refractivity contribution in [2.24, 2.45) is 0 Å². The summed E-state index contributed by atoms with van der Waals surface area (Å²) in [6, 6.07) is 7.73. The van der Waals surface area contributed by atoms with E-state index in [1.807, 2.05) is 36.6 Å². The molecule has 21 heavy (non-hydrogen) atoms. The predicted molar refractivity (Wildman–Crippen MR) is 92.4 cm³/mol. The Morgan fingerprint density at radius 1 is 1.48 bits per heavy atom. The lowest BCUT2D eigenvalue weighted by Crippen LogP contribution is -2.37. The number of halogens is 1. The van der Waals surface area contributed by atoms with Crippen molar-refractivity contribution in [3.8, 4) is 11.3 Å². The number of hydrogen-bond acceptors (Lipinski definition) is 5. The number of amides is 1. The minimum absolute atomic E-state index is 0. The van der Waals surface area contributed by atoms with Gasteiger partial charge in [0.25, 0.3) is 0 Å². The summed E-state index contributed by atoms with van der Waals surface area (Å²) in [6.07, 6.45) is 0. The molecular formula is C14H16ClN3OS2. The normalized spacial score (nSPS) is 17.3. The predicted octanol–water partition coefficient (Wildman–Crippen LogP) is 3.14. The molecule has 4 nitrogen and oxygen atoms in total. The first-order valence-corrected chi connectivity index (χ1v) is 8.40. The zero-order chi connectivity index (χ0) is 13.9. The topological polar surface area (TPSA) is 54.0 Å². The van der Waals surface area contributed by atoms with Gasteiger partial charge in [-0.25, -0.2) is 4.98 Å². The molecule has 2 aromatic rings. The van der Waals surface area contributed by atoms with E-state index in [0.29, 0.717) is 0 Å². The second-order valence-corrected chi connectivity index (χ2v) is 6.69. The molecule has 2 N–H and O–H groups in total. The van der Waals surface area contributed by atoms with Crippen LogP contribution in [0, 0.1) is 6.92 Å². The van der Waals surface area contributed by atoms with Crippen molar-refractivity contribution in [1.29, 1.82) is 0 Å². The molecule has 1 fully saturated rings. The average molecular weight is 342 g/mol. The summed E-state index contributed by atoms with van der Waals surface area (Å²) >= 11 is 3.37. The molecular weight excluding hydrogens is 326 g/mol. The molecule has 0 radical (unpaired) electrons. The van der Waals surface area contributed by atoms with E-state index in [2.05, 4.69) is 15.6 Å². The highest BCUT2D eigenvalue weighted by Crippen LogP contribution is 2.24. The summed E-state index contributed by atoms with van der Waals surface area (Å²) in [7, 11) is 0. The molecule has 0 saturated carbocycles. The van der Waals surface area contributed by atoms with Crippen LogP contribution in [-0.4, -0.2) is 28.6 Å². The number of hydrogen-bond donors (Lipinski definition) is 2. The molecule has 1 unspecified atom stereocenters. The molecule has 112 valence electrons. The van der Waals surface area contributed by atoms with Gasteiger partial charge in [-0.15, -0.1) is 35.5 Å². The largest absolute Gasteiger partial charge is 0.325 e. The summed E-state index contributed by atoms with van der Waals surface area (Å²) in [4.78, 5) is 16.5. The Hall–Kier alpha value is -1.08. The minimum Gasteiger partial charge on any atom is -0.325 e. The van der Waals surface area contributed by atoms with Gasteiger partial charge in [0.1, 0.15) is 0 Å². The van der Waals surface area contributed by atoms with E-state index < -0.39 is 0 Å². The van der Waals surface area contributed by atoms with Crippen LogP contribution in [0.3, 0.4) is 0 Å². The second kappa shape index (κ2) is 7.26. The molecule has 1 atom stereocenters. The zero-order valence-electron chi connectivity index (χ0n) is 11.5. The zero-order valence-corrected chi connectivity index (χ0v) is 13.9. The van der Waals surface area contributed by atoms with Gasteiger partial charge >= 0.3 is 0 Å². The first kappa shape index (κ1) is 16.3. The summed E-state index contributed by atoms with van der Waals surface area (Å²) in [5.74, 6) is 1.70. The van der Waals surface area contributed by atoms with Crippen molar-refractivity contribution in [2.75, 3.05) is 16.9 Å². The summed E-state index contributed by atoms with van der Waals surface area (Å²) < 4.78 is 0. The number of rotatable bonds is 3. The molecule has 1 amide bonds. The van der Waals surface area contributed by atoms with Crippen LogP contribution >= 0.6 is 35.5 Å². The van der Waals surface area contributed by atoms with Gasteiger partial charge in [-0.05, 0) is 19.1 Å². The number of thioether (sulfide) groups is 1. The Bertz CT molecular complexity index is 626. The molecule has 1 saturated heterocycles. The SMILES string of the molecule is Cc1nc(-c2cccc(NC(=O)C3CSCN3)c2)cs1.Cl. The molecule has 0 aliphatic carbocycles. The molecule has 2 heterocycles. The summed E-state index contributed by atoms with van der Waals surface area (Å²) in [5, 5.41) is 9.20. The lowest BCUT2D eigenvalue weighted by molar-refractivity contribution is -0.117. The maximum atomic E-state index is 12.1. The third-order valence-electron chi connectivity index (χ3n) is 3.08. The quantitative estimate of drug-likeness (QED) is 0.900. The van der Waals surface area contributed by atoms with Crippen LogP contribution in [-0.2, 0) is 4.79 Å². The lowest BCUT2D eigenvalue weighted by atomic mass is 10.1. The Labute approximate surface area is 138 Å². The van der Waals surface area contributed by atoms with Crippen molar-refractivity contribution < 1.29 is 4.79 Å². The third kappa shape index (κ3) is 3.97. The van der Waals surface area contributed by atoms with Crippen molar-refractivity contribution >= 4 is 47.1 Å². The number of carbonyl (C=O) groups is 1. The maximum absolute atomic E-state index is 12.1. The van der Waals surface area contributed by atoms with Crippen molar-refractivity contribution in [2.45, 2.75) is 13.0 Å². The Balaban J connectivity index is 0.00000161. The molecule has 7 heteroatoms. The van der Waals surface area contributed by atoms with E-state index in [4.69, 9.17) is 0 Å². The molecule has 0 bridgehead atoms. The minimum atomic E-state index is -0.0924. The highest BCUT2D eigenvalue weighted by Gasteiger charge is 2.22. The monoisotopic (exact) mass is 341 g/mol. The van der Waals surface area contributed by atoms with Gasteiger partial charge in [-0.1, -0.05) is 12.1 Å². The van der Waals surface area contributed by atoms with Crippen molar-refractivity contribution in [3.63, 3.8) is 0 Å². The van der Waals surface area contributed by atoms with E-state index >= 15 is 0 Å². The Morgan fingerprint density at radius 2 is 2.33 bits per heavy atom. The van der Waals surface area contributed by atoms with Crippen LogP contribution in [0.15, 0.2) is 29.6 Å². The average Bonchev–Trinajstić information content (AvgIpc) is 3.10. The van der Waals surface area contributed by atoms with Crippen molar-refractivity contribution in [3.05, 3.63) is 34.7 Å². The third-order valence-corrected chi connectivity index (χ3v) is 4.79. The number of nitrogens with one attached hydrogen (secondary N) is 2. The number of benzene rings is 1. The van der Waals surface area contributed by atoms with Crippen molar-refractivity contribution in [1.82, 2.24) is 10.3 Å². The van der Waals surface area contributed by atoms with Gasteiger partial charge in [-0.2, -0.15) is 0 Å². The van der Waals surface area contributed by atoms with E-state index in [0.717, 1.165) is 33.6 Å². The molecule has 1 aromatic heterocycles. The van der Waals surface area contributed by atoms with Crippen LogP contribution in [0.4, 0.5) is 5.69 Å². The maximum Gasteiger partial charge on any atom is 0.242 e. The first-order chi connectivity index (χ1) is 9.72. The number of aryl methyl sites for hydroxylation is 1. The van der Waals surface area contributed by atoms with E-state index in [1.54, 1.807) is 23.1 Å². The van der Waals surface area contributed by atoms with Crippen LogP contribution in [0.5, 0.6) is 0 Å². The van der Waals surface area contributed by atoms with E-state index in [1.165, 1.54) is 0 Å². The Morgan fingerprint density at radius 3 is 3.00 bits per heavy atom. The van der Waals surface area contributed by atoms with Crippen LogP contribution < -0.4 is 10.6 Å². The fourth-order valence-electron chi connectivity index (χ4n) is 2.05. The van der Waals surface area contributed by atoms with Gasteiger partial charge in [0.15, 0.2) is 0 Å². The smallest absolute Gasteiger partial charge is 0.242 e. The van der Waals surface area contributed by atoms with Crippen LogP contribution in [0.1, 0.15) is 5.01 Å². The van der Waals surface area contributed by atoms with E-state index in [9.17, 15) is 4.79 Å². The highest BCUT2D eigenvalue weighted by molar-refractivity contribution is 7.99. The lowest BCUT2D eigenvalue weighted by Gasteiger charge is -2.11. The molecule has 0 spiro atoms. The molecule has 1 aliphatic heterocycles. The van der Waals surface area contributed by atoms with Crippen LogP contribution in [0.2, 0.25) is 0 Å². The second-order valence-electron chi connectivity index (χ2n) is 4.59. The molecule has 1 aliphatic rings. The fraction of sp³-hybridized carbons (Fsp3) is 0.286. The number of aromatic nitrogens is 1. The number of anilines is 1. The first-order valence-electron chi connectivity index (χ1n) is 6.37. The van der Waals surface area contributed by atoms with Gasteiger partial charge in [0, 0.05) is 28.3 Å². The fourth-order valence-corrected chi connectivity index (χ4v) is 3.61. The molecule has 3 rings (SSSR count). The Kier molecular flexibility index (Phi) is 5.64. The number of thiazole rings is 1. The molecule has 1 aromatic carbocycles. The number of nitrogens with zero attached hydrogens (tertiary/aromatic N) is 1. The summed E-state index contributed by atoms with van der Waals surface area (Å²) in [6.45, 7) is 1.99. The van der Waals surface area contributed by atoms with Gasteiger partial charge in [0.05, 0.1) is 16.7 Å². The van der Waals surface area contributed by atoms with E-state index in [-0.39, 0.29) is 24.4 Å². The standard InChI is InChI=1S/C14H15N3OS2.ClH/c1-9-16-12(7-20-9)10-3-2-4-11(5-10)17-14(18)13-6-19-8-15-13;/h2-5,7,13,15H,6,8H2,1H3,(H,17,18);1H. The van der Waals surface area contributed by atoms with Crippen LogP contribution in [0.25, 0.3) is 11.3 Å². The van der Waals surface area contributed by atoms with Gasteiger partial charge in [0.2, 0.25) is 5.91 Å².